The molecule has 0 aromatic heterocycles. The van der Waals surface area contributed by atoms with Crippen molar-refractivity contribution >= 4 is 28.9 Å². The summed E-state index contributed by atoms with van der Waals surface area (Å²) in [5.41, 5.74) is 8.56. The second-order valence-corrected chi connectivity index (χ2v) is 4.98. The summed E-state index contributed by atoms with van der Waals surface area (Å²) in [4.78, 5) is 14.3. The SMILES string of the molecule is CCN(C(=O)c1cccc(N)c1Cl)c1cccc(C)c1. The van der Waals surface area contributed by atoms with Gasteiger partial charge in [0.15, 0.2) is 0 Å². The number of carbonyl (C=O) groups is 1. The fraction of sp³-hybridized carbons (Fsp3) is 0.188. The molecule has 0 radical (unpaired) electrons. The Balaban J connectivity index is 2.42. The highest BCUT2D eigenvalue weighted by Crippen LogP contribution is 2.26. The number of nitrogens with zero attached hydrogens (tertiary/aromatic N) is 1. The minimum Gasteiger partial charge on any atom is -0.398 e. The van der Waals surface area contributed by atoms with Crippen LogP contribution in [0, 0.1) is 6.92 Å². The third-order valence-electron chi connectivity index (χ3n) is 3.13. The Morgan fingerprint density at radius 2 is 1.95 bits per heavy atom. The summed E-state index contributed by atoms with van der Waals surface area (Å²) in [7, 11) is 0. The second-order valence-electron chi connectivity index (χ2n) is 4.60. The molecule has 0 saturated carbocycles. The number of aryl methyl sites for hydroxylation is 1. The molecule has 0 aliphatic carbocycles. The standard InChI is InChI=1S/C16H17ClN2O/c1-3-19(12-7-4-6-11(2)10-12)16(20)13-8-5-9-14(18)15(13)17/h4-10H,3,18H2,1-2H3. The number of carbonyl (C=O) groups excluding carboxylic acids is 1. The average molecular weight is 289 g/mol. The summed E-state index contributed by atoms with van der Waals surface area (Å²) in [5, 5.41) is 0.309. The van der Waals surface area contributed by atoms with Gasteiger partial charge in [0.25, 0.3) is 5.91 Å². The first-order valence-corrected chi connectivity index (χ1v) is 6.85. The molecule has 0 unspecified atom stereocenters. The van der Waals surface area contributed by atoms with Crippen molar-refractivity contribution in [3.05, 3.63) is 58.6 Å². The normalized spacial score (nSPS) is 10.3. The fourth-order valence-corrected chi connectivity index (χ4v) is 2.31. The van der Waals surface area contributed by atoms with Crippen LogP contribution in [0.1, 0.15) is 22.8 Å². The van der Waals surface area contributed by atoms with Crippen LogP contribution < -0.4 is 10.6 Å². The van der Waals surface area contributed by atoms with Crippen molar-refractivity contribution in [2.45, 2.75) is 13.8 Å². The van der Waals surface area contributed by atoms with E-state index in [1.165, 1.54) is 0 Å². The van der Waals surface area contributed by atoms with Crippen LogP contribution in [0.15, 0.2) is 42.5 Å². The molecule has 20 heavy (non-hydrogen) atoms. The van der Waals surface area contributed by atoms with Crippen LogP contribution in [0.3, 0.4) is 0 Å². The van der Waals surface area contributed by atoms with Gasteiger partial charge >= 0.3 is 0 Å². The zero-order chi connectivity index (χ0) is 14.7. The van der Waals surface area contributed by atoms with E-state index >= 15 is 0 Å². The van der Waals surface area contributed by atoms with Gasteiger partial charge in [-0.3, -0.25) is 4.79 Å². The monoisotopic (exact) mass is 288 g/mol. The number of halogens is 1. The summed E-state index contributed by atoms with van der Waals surface area (Å²) in [5.74, 6) is -0.143. The summed E-state index contributed by atoms with van der Waals surface area (Å²) in [6.45, 7) is 4.49. The van der Waals surface area contributed by atoms with Gasteiger partial charge in [0.1, 0.15) is 0 Å². The predicted molar refractivity (Wildman–Crippen MR) is 84.4 cm³/mol. The molecule has 4 heteroatoms. The Hall–Kier alpha value is -2.00. The molecule has 0 aliphatic heterocycles. The number of rotatable bonds is 3. The van der Waals surface area contributed by atoms with Crippen LogP contribution in [0.2, 0.25) is 5.02 Å². The third-order valence-corrected chi connectivity index (χ3v) is 3.56. The Morgan fingerprint density at radius 3 is 2.60 bits per heavy atom. The van der Waals surface area contributed by atoms with Gasteiger partial charge in [-0.05, 0) is 43.7 Å². The quantitative estimate of drug-likeness (QED) is 0.871. The van der Waals surface area contributed by atoms with Crippen LogP contribution in [0.4, 0.5) is 11.4 Å². The van der Waals surface area contributed by atoms with Gasteiger partial charge in [0.2, 0.25) is 0 Å². The summed E-state index contributed by atoms with van der Waals surface area (Å²) >= 11 is 6.14. The summed E-state index contributed by atoms with van der Waals surface area (Å²) in [6, 6.07) is 12.9. The highest BCUT2D eigenvalue weighted by molar-refractivity contribution is 6.36. The van der Waals surface area contributed by atoms with E-state index in [1.807, 2.05) is 38.1 Å². The number of amides is 1. The van der Waals surface area contributed by atoms with Crippen molar-refractivity contribution in [3.63, 3.8) is 0 Å². The van der Waals surface area contributed by atoms with Crippen molar-refractivity contribution in [3.8, 4) is 0 Å². The van der Waals surface area contributed by atoms with Crippen molar-refractivity contribution in [2.75, 3.05) is 17.2 Å². The predicted octanol–water partition coefficient (Wildman–Crippen LogP) is 3.90. The fourth-order valence-electron chi connectivity index (χ4n) is 2.10. The molecule has 104 valence electrons. The molecular formula is C16H17ClN2O. The number of hydrogen-bond donors (Lipinski definition) is 1. The Kier molecular flexibility index (Phi) is 4.30. The van der Waals surface area contributed by atoms with E-state index in [1.54, 1.807) is 23.1 Å². The molecule has 0 heterocycles. The molecule has 0 atom stereocenters. The molecule has 3 nitrogen and oxygen atoms in total. The third kappa shape index (κ3) is 2.78. The van der Waals surface area contributed by atoms with Crippen molar-refractivity contribution in [1.82, 2.24) is 0 Å². The molecule has 2 aromatic carbocycles. The van der Waals surface area contributed by atoms with E-state index in [4.69, 9.17) is 17.3 Å². The van der Waals surface area contributed by atoms with Gasteiger partial charge in [-0.25, -0.2) is 0 Å². The molecule has 2 rings (SSSR count). The first kappa shape index (κ1) is 14.4. The van der Waals surface area contributed by atoms with Gasteiger partial charge in [-0.15, -0.1) is 0 Å². The van der Waals surface area contributed by atoms with Gasteiger partial charge in [-0.1, -0.05) is 29.8 Å². The first-order valence-electron chi connectivity index (χ1n) is 6.47. The lowest BCUT2D eigenvalue weighted by Gasteiger charge is -2.22. The van der Waals surface area contributed by atoms with E-state index in [0.717, 1.165) is 11.3 Å². The topological polar surface area (TPSA) is 46.3 Å². The average Bonchev–Trinajstić information content (AvgIpc) is 2.42. The minimum atomic E-state index is -0.143. The lowest BCUT2D eigenvalue weighted by molar-refractivity contribution is 0.0988. The zero-order valence-electron chi connectivity index (χ0n) is 11.6. The Bertz CT molecular complexity index is 640. The highest BCUT2D eigenvalue weighted by Gasteiger charge is 2.19. The smallest absolute Gasteiger partial charge is 0.259 e. The van der Waals surface area contributed by atoms with Crippen LogP contribution in [0.25, 0.3) is 0 Å². The molecule has 0 bridgehead atoms. The van der Waals surface area contributed by atoms with Crippen molar-refractivity contribution in [2.24, 2.45) is 0 Å². The summed E-state index contributed by atoms with van der Waals surface area (Å²) < 4.78 is 0. The number of anilines is 2. The van der Waals surface area contributed by atoms with Gasteiger partial charge in [-0.2, -0.15) is 0 Å². The minimum absolute atomic E-state index is 0.143. The Labute approximate surface area is 124 Å². The molecule has 0 spiro atoms. The van der Waals surface area contributed by atoms with E-state index in [2.05, 4.69) is 0 Å². The number of hydrogen-bond acceptors (Lipinski definition) is 2. The van der Waals surface area contributed by atoms with Crippen LogP contribution in [-0.4, -0.2) is 12.5 Å². The molecule has 2 aromatic rings. The van der Waals surface area contributed by atoms with E-state index in [9.17, 15) is 4.79 Å². The maximum absolute atomic E-state index is 12.6. The maximum Gasteiger partial charge on any atom is 0.259 e. The van der Waals surface area contributed by atoms with Crippen LogP contribution >= 0.6 is 11.6 Å². The van der Waals surface area contributed by atoms with E-state index in [-0.39, 0.29) is 5.91 Å². The highest BCUT2D eigenvalue weighted by atomic mass is 35.5. The van der Waals surface area contributed by atoms with Crippen LogP contribution in [0.5, 0.6) is 0 Å². The van der Waals surface area contributed by atoms with Crippen molar-refractivity contribution in [1.29, 1.82) is 0 Å². The van der Waals surface area contributed by atoms with E-state index in [0.29, 0.717) is 22.8 Å². The van der Waals surface area contributed by atoms with Crippen LogP contribution in [-0.2, 0) is 0 Å². The van der Waals surface area contributed by atoms with Gasteiger partial charge < -0.3 is 10.6 Å². The molecule has 0 aliphatic rings. The van der Waals surface area contributed by atoms with Gasteiger partial charge in [0.05, 0.1) is 16.3 Å². The molecular weight excluding hydrogens is 272 g/mol. The molecule has 2 N–H and O–H groups in total. The molecule has 1 amide bonds. The zero-order valence-corrected chi connectivity index (χ0v) is 12.3. The summed E-state index contributed by atoms with van der Waals surface area (Å²) in [6.07, 6.45) is 0. The maximum atomic E-state index is 12.6. The lowest BCUT2D eigenvalue weighted by Crippen LogP contribution is -2.31. The van der Waals surface area contributed by atoms with Crippen molar-refractivity contribution < 1.29 is 4.79 Å². The second kappa shape index (κ2) is 5.97. The first-order chi connectivity index (χ1) is 9.54. The molecule has 0 fully saturated rings. The lowest BCUT2D eigenvalue weighted by atomic mass is 10.1. The van der Waals surface area contributed by atoms with E-state index < -0.39 is 0 Å². The number of benzene rings is 2. The molecule has 0 saturated heterocycles. The van der Waals surface area contributed by atoms with Gasteiger partial charge in [0, 0.05) is 12.2 Å². The largest absolute Gasteiger partial charge is 0.398 e. The number of nitrogens with two attached hydrogens (primary N) is 1. The number of nitrogen functional groups attached to an aromatic ring is 1. The Morgan fingerprint density at radius 1 is 1.25 bits per heavy atom.